The number of rotatable bonds is 6. The summed E-state index contributed by atoms with van der Waals surface area (Å²) in [6.45, 7) is 12.8. The Hall–Kier alpha value is -3.84. The standard InChI is InChI=1S/C57H81ClN2O14/c1-30-24-38(15-18-43(30)58)60-44-19-17-40(74-60)25-33(4)47(69-8)28-39-16-13-36(7)57(68,73-39)54(65)55(66)59-21-11-12-41-42(26-37-14-20-45(61)49(27-37)70-9)48(72-56(67)50(41)59)29-46(62)32(3)23-35(6)52(64)53(71-10)51(63)34(5)22-31(44)2/h15,17-19,23-25,31-32,34,36-37,39-42,44-45,47-50,52-53,61,64,68H,11-14,16,20-22,26-29H2,1-10H3/b33-25?,35-23+/t31-,32+,34?,36?,37-,39-,40?,41?,42-,44?,45?,47-,48-,49+,50?,52?,53-,57?/m0/s1. The first-order chi connectivity index (χ1) is 35.1. The molecular formula is C57H81ClN2O14. The number of aliphatic hydroxyl groups is 3. The fourth-order valence-corrected chi connectivity index (χ4v) is 12.9. The van der Waals surface area contributed by atoms with Crippen molar-refractivity contribution in [1.29, 1.82) is 0 Å². The van der Waals surface area contributed by atoms with Crippen LogP contribution in [-0.2, 0) is 52.5 Å². The molecule has 9 unspecified atom stereocenters. The lowest BCUT2D eigenvalue weighted by atomic mass is 9.68. The number of amides is 1. The van der Waals surface area contributed by atoms with Gasteiger partial charge in [-0.2, -0.15) is 0 Å². The highest BCUT2D eigenvalue weighted by Gasteiger charge is 2.57. The summed E-state index contributed by atoms with van der Waals surface area (Å²) >= 11 is 6.48. The number of piperidine rings is 1. The van der Waals surface area contributed by atoms with Gasteiger partial charge in [-0.05, 0) is 137 Å². The van der Waals surface area contributed by atoms with Gasteiger partial charge >= 0.3 is 5.97 Å². The number of esters is 1. The molecule has 1 amide bonds. The van der Waals surface area contributed by atoms with Gasteiger partial charge < -0.3 is 43.9 Å². The number of ether oxygens (including phenoxy) is 5. The van der Waals surface area contributed by atoms with Gasteiger partial charge in [-0.3, -0.25) is 24.0 Å². The Labute approximate surface area is 442 Å². The number of benzene rings is 1. The zero-order valence-electron chi connectivity index (χ0n) is 44.9. The number of hydroxylamine groups is 1. The third kappa shape index (κ3) is 12.4. The molecule has 1 saturated carbocycles. The minimum Gasteiger partial charge on any atom is -0.460 e. The first-order valence-electron chi connectivity index (χ1n) is 26.8. The lowest BCUT2D eigenvalue weighted by Gasteiger charge is -2.50. The van der Waals surface area contributed by atoms with Crippen LogP contribution in [0.1, 0.15) is 118 Å². The fourth-order valence-electron chi connectivity index (χ4n) is 12.8. The lowest BCUT2D eigenvalue weighted by Crippen LogP contribution is -2.65. The molecule has 10 rings (SSSR count). The topological polar surface area (TPSA) is 208 Å². The molecule has 1 aromatic rings. The average Bonchev–Trinajstić information content (AvgIpc) is 3.37. The molecule has 16 nitrogen and oxygen atoms in total. The molecular weight excluding hydrogens is 972 g/mol. The number of nitrogens with zero attached hydrogens (tertiary/aromatic N) is 2. The van der Waals surface area contributed by atoms with Gasteiger partial charge in [0.25, 0.3) is 11.7 Å². The second-order valence-electron chi connectivity index (χ2n) is 22.5. The van der Waals surface area contributed by atoms with E-state index in [9.17, 15) is 39.3 Å². The number of anilines is 1. The molecule has 410 valence electrons. The number of carbonyl (C=O) groups is 5. The number of allylic oxidation sites excluding steroid dienone is 1. The molecule has 8 aliphatic heterocycles. The molecule has 1 aliphatic carbocycles. The van der Waals surface area contributed by atoms with Crippen molar-refractivity contribution in [2.45, 2.75) is 186 Å². The van der Waals surface area contributed by atoms with Gasteiger partial charge in [0.2, 0.25) is 5.79 Å². The molecule has 0 aromatic heterocycles. The van der Waals surface area contributed by atoms with Crippen molar-refractivity contribution in [3.8, 4) is 0 Å². The molecule has 1 aromatic carbocycles. The fraction of sp³-hybridized carbons (Fsp3) is 0.702. The van der Waals surface area contributed by atoms with E-state index in [4.69, 9.17) is 40.1 Å². The molecule has 9 aliphatic rings. The van der Waals surface area contributed by atoms with Crippen molar-refractivity contribution in [1.82, 2.24) is 4.90 Å². The Morgan fingerprint density at radius 3 is 2.28 bits per heavy atom. The van der Waals surface area contributed by atoms with E-state index in [2.05, 4.69) is 6.08 Å². The number of halogens is 1. The largest absolute Gasteiger partial charge is 0.460 e. The Balaban J connectivity index is 1.24. The maximum atomic E-state index is 14.7. The van der Waals surface area contributed by atoms with Crippen LogP contribution in [-0.4, -0.2) is 144 Å². The molecule has 8 bridgehead atoms. The number of aliphatic hydroxyl groups excluding tert-OH is 2. The van der Waals surface area contributed by atoms with Crippen LogP contribution in [0.5, 0.6) is 0 Å². The molecule has 18 atom stereocenters. The van der Waals surface area contributed by atoms with E-state index in [1.54, 1.807) is 41.1 Å². The number of carbonyl (C=O) groups excluding carboxylic acids is 5. The van der Waals surface area contributed by atoms with Gasteiger partial charge in [-0.1, -0.05) is 57.5 Å². The van der Waals surface area contributed by atoms with E-state index in [1.165, 1.54) is 12.0 Å². The second-order valence-corrected chi connectivity index (χ2v) is 22.9. The van der Waals surface area contributed by atoms with Crippen molar-refractivity contribution in [2.75, 3.05) is 32.9 Å². The van der Waals surface area contributed by atoms with Gasteiger partial charge in [-0.25, -0.2) is 9.86 Å². The molecule has 4 fully saturated rings. The van der Waals surface area contributed by atoms with Crippen LogP contribution < -0.4 is 5.06 Å². The molecule has 0 radical (unpaired) electrons. The van der Waals surface area contributed by atoms with Crippen LogP contribution in [0, 0.1) is 48.3 Å². The van der Waals surface area contributed by atoms with E-state index in [0.717, 1.165) is 16.8 Å². The summed E-state index contributed by atoms with van der Waals surface area (Å²) in [4.78, 5) is 80.2. The van der Waals surface area contributed by atoms with E-state index < -0.39 is 108 Å². The number of methoxy groups -OCH3 is 3. The summed E-state index contributed by atoms with van der Waals surface area (Å²) in [5.74, 6) is -9.08. The number of aryl methyl sites for hydroxylation is 1. The predicted octanol–water partition coefficient (Wildman–Crippen LogP) is 7.00. The second kappa shape index (κ2) is 24.7. The summed E-state index contributed by atoms with van der Waals surface area (Å²) in [5.41, 5.74) is 2.77. The Kier molecular flexibility index (Phi) is 19.3. The third-order valence-electron chi connectivity index (χ3n) is 17.3. The summed E-state index contributed by atoms with van der Waals surface area (Å²) < 4.78 is 29.9. The van der Waals surface area contributed by atoms with Crippen molar-refractivity contribution >= 4 is 46.5 Å². The van der Waals surface area contributed by atoms with Gasteiger partial charge in [-0.15, -0.1) is 0 Å². The summed E-state index contributed by atoms with van der Waals surface area (Å²) in [7, 11) is 4.51. The quantitative estimate of drug-likeness (QED) is 0.149. The van der Waals surface area contributed by atoms with Crippen LogP contribution in [0.4, 0.5) is 5.69 Å². The summed E-state index contributed by atoms with van der Waals surface area (Å²) in [5, 5.41) is 37.1. The molecule has 74 heavy (non-hydrogen) atoms. The SMILES string of the molecule is CO[C@H]1C[C@@H]2CCC(C)C(O)(O2)C(=O)C(=O)N2CCCC3C2C(=O)O[C@@H](CC(=O)[C@H](C)/C=C(\C)C(O)[C@@H](OC)C(=O)C(C)C[C@H](C)C2C=CC(C=C1C)ON2c1ccc(Cl)c(C)c1)[C@H]3C[C@@H]1CCC(O)[C@H](OC)C1. The molecule has 0 spiro atoms. The highest BCUT2D eigenvalue weighted by atomic mass is 35.5. The Bertz CT molecular complexity index is 2300. The smallest absolute Gasteiger partial charge is 0.329 e. The highest BCUT2D eigenvalue weighted by molar-refractivity contribution is 6.39. The number of hydrogen-bond acceptors (Lipinski definition) is 15. The predicted molar refractivity (Wildman–Crippen MR) is 277 cm³/mol. The van der Waals surface area contributed by atoms with E-state index in [1.807, 2.05) is 63.1 Å². The van der Waals surface area contributed by atoms with E-state index in [0.29, 0.717) is 68.4 Å². The number of ketones is 3. The molecule has 17 heteroatoms. The maximum absolute atomic E-state index is 14.7. The highest BCUT2D eigenvalue weighted by Crippen LogP contribution is 2.46. The van der Waals surface area contributed by atoms with Gasteiger partial charge in [0.05, 0.1) is 36.1 Å². The number of Topliss-reactive ketones (excluding diaryl/α,β-unsaturated/α-hetero) is 3. The minimum absolute atomic E-state index is 0.0345. The minimum atomic E-state index is -2.49. The summed E-state index contributed by atoms with van der Waals surface area (Å²) in [6.07, 6.45) is 5.83. The lowest BCUT2D eigenvalue weighted by molar-refractivity contribution is -0.266. The average molecular weight is 1050 g/mol. The van der Waals surface area contributed by atoms with Crippen LogP contribution in [0.25, 0.3) is 0 Å². The monoisotopic (exact) mass is 1050 g/mol. The third-order valence-corrected chi connectivity index (χ3v) is 17.7. The number of hydrogen-bond donors (Lipinski definition) is 3. The zero-order chi connectivity index (χ0) is 53.9. The first-order valence-corrected chi connectivity index (χ1v) is 27.2. The van der Waals surface area contributed by atoms with E-state index >= 15 is 0 Å². The molecule has 8 heterocycles. The van der Waals surface area contributed by atoms with Crippen LogP contribution in [0.2, 0.25) is 5.02 Å². The maximum Gasteiger partial charge on any atom is 0.329 e. The van der Waals surface area contributed by atoms with Crippen molar-refractivity contribution in [3.05, 3.63) is 64.2 Å². The van der Waals surface area contributed by atoms with Gasteiger partial charge in [0, 0.05) is 69.4 Å². The Morgan fingerprint density at radius 2 is 1.59 bits per heavy atom. The Morgan fingerprint density at radius 1 is 0.851 bits per heavy atom. The molecule has 3 saturated heterocycles. The normalized spacial score (nSPS) is 40.2. The van der Waals surface area contributed by atoms with Gasteiger partial charge in [0.1, 0.15) is 36.2 Å². The first kappa shape index (κ1) is 57.9. The zero-order valence-corrected chi connectivity index (χ0v) is 45.7. The van der Waals surface area contributed by atoms with Crippen molar-refractivity contribution in [3.63, 3.8) is 0 Å². The van der Waals surface area contributed by atoms with Crippen LogP contribution >= 0.6 is 11.6 Å². The van der Waals surface area contributed by atoms with Crippen molar-refractivity contribution < 1.29 is 67.8 Å². The van der Waals surface area contributed by atoms with E-state index in [-0.39, 0.29) is 48.8 Å². The van der Waals surface area contributed by atoms with Crippen LogP contribution in [0.3, 0.4) is 0 Å². The van der Waals surface area contributed by atoms with Gasteiger partial charge in [0.15, 0.2) is 5.78 Å². The summed E-state index contributed by atoms with van der Waals surface area (Å²) in [6, 6.07) is 4.15. The molecule has 3 N–H and O–H groups in total. The van der Waals surface area contributed by atoms with Crippen molar-refractivity contribution in [2.24, 2.45) is 41.4 Å². The van der Waals surface area contributed by atoms with Crippen LogP contribution in [0.15, 0.2) is 53.6 Å².